The van der Waals surface area contributed by atoms with Crippen LogP contribution in [0.4, 0.5) is 0 Å². The van der Waals surface area contributed by atoms with Gasteiger partial charge in [0.25, 0.3) is 0 Å². The second-order valence-electron chi connectivity index (χ2n) is 3.99. The molecule has 1 aliphatic rings. The Morgan fingerprint density at radius 2 is 2.13 bits per heavy atom. The van der Waals surface area contributed by atoms with Crippen molar-refractivity contribution < 1.29 is 19.9 Å². The van der Waals surface area contributed by atoms with E-state index in [1.54, 1.807) is 0 Å². The van der Waals surface area contributed by atoms with Crippen molar-refractivity contribution in [2.75, 3.05) is 20.6 Å². The van der Waals surface area contributed by atoms with Gasteiger partial charge < -0.3 is 19.8 Å². The predicted octanol–water partition coefficient (Wildman–Crippen LogP) is -1.34. The second-order valence-corrected chi connectivity index (χ2v) is 3.99. The molecular formula is C8H16N2O5. The summed E-state index contributed by atoms with van der Waals surface area (Å²) < 4.78 is 5.05. The summed E-state index contributed by atoms with van der Waals surface area (Å²) in [4.78, 5) is 11.8. The normalized spacial score (nSPS) is 36.9. The van der Waals surface area contributed by atoms with Crippen molar-refractivity contribution in [3.05, 3.63) is 10.1 Å². The Morgan fingerprint density at radius 3 is 2.60 bits per heavy atom. The van der Waals surface area contributed by atoms with Crippen LogP contribution in [0.5, 0.6) is 0 Å². The fourth-order valence-corrected chi connectivity index (χ4v) is 1.67. The van der Waals surface area contributed by atoms with Gasteiger partial charge in [0.2, 0.25) is 6.04 Å². The summed E-state index contributed by atoms with van der Waals surface area (Å²) in [7, 11) is 3.61. The number of nitro groups is 1. The molecule has 1 aliphatic heterocycles. The summed E-state index contributed by atoms with van der Waals surface area (Å²) >= 11 is 0. The zero-order chi connectivity index (χ0) is 11.6. The minimum atomic E-state index is -1.47. The van der Waals surface area contributed by atoms with Crippen molar-refractivity contribution in [2.45, 2.75) is 31.0 Å². The SMILES string of the molecule is CN(C)C[C@@H]1CC([N+](=O)[O-])C(O)[C@H](O)O1. The van der Waals surface area contributed by atoms with Crippen LogP contribution in [-0.2, 0) is 4.74 Å². The van der Waals surface area contributed by atoms with Gasteiger partial charge in [-0.2, -0.15) is 0 Å². The smallest absolute Gasteiger partial charge is 0.246 e. The zero-order valence-corrected chi connectivity index (χ0v) is 8.74. The molecule has 1 fully saturated rings. The summed E-state index contributed by atoms with van der Waals surface area (Å²) in [6.07, 6.45) is -3.23. The Labute approximate surface area is 87.4 Å². The van der Waals surface area contributed by atoms with E-state index >= 15 is 0 Å². The highest BCUT2D eigenvalue weighted by Crippen LogP contribution is 2.21. The maximum Gasteiger partial charge on any atom is 0.246 e. The molecule has 7 nitrogen and oxygen atoms in total. The van der Waals surface area contributed by atoms with Crippen LogP contribution in [0.2, 0.25) is 0 Å². The van der Waals surface area contributed by atoms with Crippen molar-refractivity contribution in [3.8, 4) is 0 Å². The number of aliphatic hydroxyl groups is 2. The number of hydrogen-bond acceptors (Lipinski definition) is 6. The molecule has 2 unspecified atom stereocenters. The molecule has 15 heavy (non-hydrogen) atoms. The molecule has 0 aliphatic carbocycles. The molecule has 0 spiro atoms. The highest BCUT2D eigenvalue weighted by molar-refractivity contribution is 4.81. The molecule has 0 bridgehead atoms. The molecule has 0 aromatic carbocycles. The minimum absolute atomic E-state index is 0.114. The molecule has 7 heteroatoms. The standard InChI is InChI=1S/C8H16N2O5/c1-9(2)4-5-3-6(10(13)14)7(11)8(12)15-5/h5-8,11-12H,3-4H2,1-2H3/t5-,6?,7?,8+/m0/s1. The van der Waals surface area contributed by atoms with Crippen LogP contribution in [0.15, 0.2) is 0 Å². The van der Waals surface area contributed by atoms with Gasteiger partial charge in [-0.15, -0.1) is 0 Å². The topological polar surface area (TPSA) is 96.1 Å². The average molecular weight is 220 g/mol. The van der Waals surface area contributed by atoms with E-state index in [0.29, 0.717) is 6.54 Å². The van der Waals surface area contributed by atoms with Gasteiger partial charge in [0.05, 0.1) is 6.10 Å². The second kappa shape index (κ2) is 4.84. The molecule has 4 atom stereocenters. The number of hydrogen-bond donors (Lipinski definition) is 2. The van der Waals surface area contributed by atoms with Crippen LogP contribution in [-0.4, -0.2) is 65.2 Å². The number of aliphatic hydroxyl groups excluding tert-OH is 2. The molecule has 1 heterocycles. The summed E-state index contributed by atoms with van der Waals surface area (Å²) in [6, 6.07) is -1.15. The van der Waals surface area contributed by atoms with Crippen LogP contribution in [0, 0.1) is 10.1 Å². The van der Waals surface area contributed by atoms with Crippen LogP contribution in [0.25, 0.3) is 0 Å². The third kappa shape index (κ3) is 3.10. The first-order chi connectivity index (χ1) is 6.91. The number of rotatable bonds is 3. The van der Waals surface area contributed by atoms with Crippen LogP contribution < -0.4 is 0 Å². The van der Waals surface area contributed by atoms with E-state index in [1.165, 1.54) is 0 Å². The first-order valence-electron chi connectivity index (χ1n) is 4.71. The van der Waals surface area contributed by atoms with Gasteiger partial charge in [0, 0.05) is 17.9 Å². The zero-order valence-electron chi connectivity index (χ0n) is 8.74. The number of nitrogens with zero attached hydrogens (tertiary/aromatic N) is 2. The molecule has 0 amide bonds. The first kappa shape index (κ1) is 12.3. The maximum absolute atomic E-state index is 10.6. The van der Waals surface area contributed by atoms with Gasteiger partial charge in [-0.05, 0) is 14.1 Å². The van der Waals surface area contributed by atoms with Crippen molar-refractivity contribution in [1.29, 1.82) is 0 Å². The van der Waals surface area contributed by atoms with Crippen molar-refractivity contribution >= 4 is 0 Å². The van der Waals surface area contributed by atoms with Crippen molar-refractivity contribution in [1.82, 2.24) is 4.90 Å². The lowest BCUT2D eigenvalue weighted by molar-refractivity contribution is -0.551. The van der Waals surface area contributed by atoms with E-state index < -0.39 is 29.5 Å². The van der Waals surface area contributed by atoms with E-state index in [4.69, 9.17) is 4.74 Å². The Balaban J connectivity index is 2.62. The fraction of sp³-hybridized carbons (Fsp3) is 1.00. The quantitative estimate of drug-likeness (QED) is 0.451. The van der Waals surface area contributed by atoms with E-state index in [0.717, 1.165) is 0 Å². The van der Waals surface area contributed by atoms with Crippen molar-refractivity contribution in [2.24, 2.45) is 0 Å². The predicted molar refractivity (Wildman–Crippen MR) is 50.8 cm³/mol. The van der Waals surface area contributed by atoms with Gasteiger partial charge in [0.15, 0.2) is 12.4 Å². The molecule has 1 rings (SSSR count). The lowest BCUT2D eigenvalue weighted by Crippen LogP contribution is -2.53. The fourth-order valence-electron chi connectivity index (χ4n) is 1.67. The van der Waals surface area contributed by atoms with E-state index in [-0.39, 0.29) is 6.42 Å². The summed E-state index contributed by atoms with van der Waals surface area (Å²) in [6.45, 7) is 0.480. The molecule has 0 radical (unpaired) electrons. The van der Waals surface area contributed by atoms with Crippen LogP contribution in [0.1, 0.15) is 6.42 Å². The molecule has 0 aromatic rings. The van der Waals surface area contributed by atoms with Crippen LogP contribution >= 0.6 is 0 Å². The molecule has 1 saturated heterocycles. The maximum atomic E-state index is 10.6. The Kier molecular flexibility index (Phi) is 3.97. The average Bonchev–Trinajstić information content (AvgIpc) is 2.09. The molecular weight excluding hydrogens is 204 g/mol. The van der Waals surface area contributed by atoms with Gasteiger partial charge in [-0.1, -0.05) is 0 Å². The van der Waals surface area contributed by atoms with E-state index in [9.17, 15) is 20.3 Å². The third-order valence-electron chi connectivity index (χ3n) is 2.36. The van der Waals surface area contributed by atoms with Crippen molar-refractivity contribution in [3.63, 3.8) is 0 Å². The van der Waals surface area contributed by atoms with Gasteiger partial charge in [-0.3, -0.25) is 10.1 Å². The summed E-state index contributed by atoms with van der Waals surface area (Å²) in [5.74, 6) is 0. The molecule has 0 aromatic heterocycles. The van der Waals surface area contributed by atoms with E-state index in [2.05, 4.69) is 0 Å². The van der Waals surface area contributed by atoms with E-state index in [1.807, 2.05) is 19.0 Å². The third-order valence-corrected chi connectivity index (χ3v) is 2.36. The summed E-state index contributed by atoms with van der Waals surface area (Å²) in [5, 5.41) is 29.2. The minimum Gasteiger partial charge on any atom is -0.381 e. The Bertz CT molecular complexity index is 235. The summed E-state index contributed by atoms with van der Waals surface area (Å²) in [5.41, 5.74) is 0. The monoisotopic (exact) mass is 220 g/mol. The Hall–Kier alpha value is -0.760. The largest absolute Gasteiger partial charge is 0.381 e. The first-order valence-corrected chi connectivity index (χ1v) is 4.71. The van der Waals surface area contributed by atoms with Gasteiger partial charge in [-0.25, -0.2) is 0 Å². The van der Waals surface area contributed by atoms with Gasteiger partial charge >= 0.3 is 0 Å². The highest BCUT2D eigenvalue weighted by Gasteiger charge is 2.43. The number of ether oxygens (including phenoxy) is 1. The number of likely N-dealkylation sites (N-methyl/N-ethyl adjacent to an activating group) is 1. The lowest BCUT2D eigenvalue weighted by atomic mass is 10.00. The van der Waals surface area contributed by atoms with Crippen LogP contribution in [0.3, 0.4) is 0 Å². The van der Waals surface area contributed by atoms with Gasteiger partial charge in [0.1, 0.15) is 0 Å². The Morgan fingerprint density at radius 1 is 1.53 bits per heavy atom. The molecule has 88 valence electrons. The highest BCUT2D eigenvalue weighted by atomic mass is 16.6. The lowest BCUT2D eigenvalue weighted by Gasteiger charge is -2.33. The molecule has 2 N–H and O–H groups in total. The molecule has 0 saturated carbocycles.